The van der Waals surface area contributed by atoms with Gasteiger partial charge in [0, 0.05) is 18.2 Å². The number of hydrogen-bond acceptors (Lipinski definition) is 3. The Hall–Kier alpha value is -1.55. The number of carbonyl (C=O) groups excluding carboxylic acids is 1. The van der Waals surface area contributed by atoms with E-state index in [0.29, 0.717) is 12.6 Å². The van der Waals surface area contributed by atoms with Crippen molar-refractivity contribution in [1.82, 2.24) is 10.2 Å². The molecule has 1 N–H and O–H groups in total. The van der Waals surface area contributed by atoms with Gasteiger partial charge in [0.15, 0.2) is 0 Å². The number of nitrogens with zero attached hydrogens (tertiary/aromatic N) is 1. The molecule has 0 bridgehead atoms. The first-order valence-electron chi connectivity index (χ1n) is 6.77. The maximum Gasteiger partial charge on any atom is 0.239 e. The van der Waals surface area contributed by atoms with Gasteiger partial charge in [-0.25, -0.2) is 0 Å². The van der Waals surface area contributed by atoms with Crippen LogP contribution in [0.15, 0.2) is 24.3 Å². The number of hydrogen-bond donors (Lipinski definition) is 1. The fraction of sp³-hybridized carbons (Fsp3) is 0.533. The van der Waals surface area contributed by atoms with Crippen molar-refractivity contribution in [2.75, 3.05) is 14.2 Å². The molecule has 1 aliphatic rings. The summed E-state index contributed by atoms with van der Waals surface area (Å²) in [7, 11) is 3.48. The van der Waals surface area contributed by atoms with Gasteiger partial charge in [0.2, 0.25) is 5.91 Å². The Kier molecular flexibility index (Phi) is 4.43. The lowest BCUT2D eigenvalue weighted by Crippen LogP contribution is -2.44. The minimum atomic E-state index is -0.143. The predicted molar refractivity (Wildman–Crippen MR) is 75.1 cm³/mol. The van der Waals surface area contributed by atoms with Crippen molar-refractivity contribution in [3.63, 3.8) is 0 Å². The summed E-state index contributed by atoms with van der Waals surface area (Å²) in [6, 6.07) is 8.14. The normalized spacial score (nSPS) is 15.9. The summed E-state index contributed by atoms with van der Waals surface area (Å²) in [5.41, 5.74) is 1.06. The topological polar surface area (TPSA) is 41.6 Å². The molecule has 0 saturated heterocycles. The van der Waals surface area contributed by atoms with Crippen LogP contribution in [0.1, 0.15) is 25.3 Å². The minimum Gasteiger partial charge on any atom is -0.496 e. The number of rotatable bonds is 6. The smallest absolute Gasteiger partial charge is 0.239 e. The second-order valence-corrected chi connectivity index (χ2v) is 5.02. The Morgan fingerprint density at radius 2 is 2.16 bits per heavy atom. The third-order valence-electron chi connectivity index (χ3n) is 3.61. The zero-order valence-corrected chi connectivity index (χ0v) is 11.8. The van der Waals surface area contributed by atoms with Crippen molar-refractivity contribution in [1.29, 1.82) is 0 Å². The number of ether oxygens (including phenoxy) is 1. The van der Waals surface area contributed by atoms with Gasteiger partial charge in [-0.3, -0.25) is 4.79 Å². The maximum atomic E-state index is 12.4. The van der Waals surface area contributed by atoms with Crippen molar-refractivity contribution >= 4 is 5.91 Å². The van der Waals surface area contributed by atoms with Gasteiger partial charge in [0.05, 0.1) is 13.2 Å². The molecule has 1 aromatic rings. The van der Waals surface area contributed by atoms with Gasteiger partial charge >= 0.3 is 0 Å². The Labute approximate surface area is 114 Å². The van der Waals surface area contributed by atoms with E-state index in [4.69, 9.17) is 4.74 Å². The molecular formula is C15H22N2O2. The first-order chi connectivity index (χ1) is 9.17. The molecule has 4 nitrogen and oxygen atoms in total. The van der Waals surface area contributed by atoms with E-state index in [1.165, 1.54) is 0 Å². The van der Waals surface area contributed by atoms with Crippen LogP contribution in [0.2, 0.25) is 0 Å². The van der Waals surface area contributed by atoms with E-state index in [2.05, 4.69) is 5.32 Å². The fourth-order valence-electron chi connectivity index (χ4n) is 2.16. The summed E-state index contributed by atoms with van der Waals surface area (Å²) in [4.78, 5) is 14.4. The van der Waals surface area contributed by atoms with E-state index < -0.39 is 0 Å². The summed E-state index contributed by atoms with van der Waals surface area (Å²) >= 11 is 0. The molecule has 0 aromatic heterocycles. The van der Waals surface area contributed by atoms with Gasteiger partial charge in [0.1, 0.15) is 5.75 Å². The summed E-state index contributed by atoms with van der Waals surface area (Å²) in [5, 5.41) is 3.02. The van der Waals surface area contributed by atoms with Gasteiger partial charge in [0.25, 0.3) is 0 Å². The lowest BCUT2D eigenvalue weighted by Gasteiger charge is -2.26. The molecule has 19 heavy (non-hydrogen) atoms. The standard InChI is InChI=1S/C15H22N2O2/c1-11(16-2)15(18)17(13-8-9-13)10-12-6-4-5-7-14(12)19-3/h4-7,11,13,16H,8-10H2,1-3H3. The Morgan fingerprint density at radius 1 is 1.47 bits per heavy atom. The highest BCUT2D eigenvalue weighted by Gasteiger charge is 2.34. The van der Waals surface area contributed by atoms with E-state index in [-0.39, 0.29) is 11.9 Å². The maximum absolute atomic E-state index is 12.4. The molecule has 4 heteroatoms. The van der Waals surface area contributed by atoms with Gasteiger partial charge in [-0.1, -0.05) is 18.2 Å². The van der Waals surface area contributed by atoms with Crippen molar-refractivity contribution in [2.24, 2.45) is 0 Å². The van der Waals surface area contributed by atoms with Crippen LogP contribution in [-0.4, -0.2) is 37.0 Å². The molecule has 1 saturated carbocycles. The zero-order chi connectivity index (χ0) is 13.8. The summed E-state index contributed by atoms with van der Waals surface area (Å²) in [5.74, 6) is 1.01. The largest absolute Gasteiger partial charge is 0.496 e. The van der Waals surface area contributed by atoms with Crippen LogP contribution < -0.4 is 10.1 Å². The predicted octanol–water partition coefficient (Wildman–Crippen LogP) is 1.79. The molecular weight excluding hydrogens is 240 g/mol. The van der Waals surface area contributed by atoms with E-state index in [9.17, 15) is 4.79 Å². The van der Waals surface area contributed by atoms with Crippen molar-refractivity contribution in [3.8, 4) is 5.75 Å². The molecule has 104 valence electrons. The van der Waals surface area contributed by atoms with E-state index in [1.54, 1.807) is 7.11 Å². The quantitative estimate of drug-likeness (QED) is 0.850. The number of benzene rings is 1. The minimum absolute atomic E-state index is 0.143. The summed E-state index contributed by atoms with van der Waals surface area (Å²) in [6.45, 7) is 2.53. The van der Waals surface area contributed by atoms with Crippen LogP contribution in [0.3, 0.4) is 0 Å². The fourth-order valence-corrected chi connectivity index (χ4v) is 2.16. The Bertz CT molecular complexity index is 444. The number of para-hydroxylation sites is 1. The van der Waals surface area contributed by atoms with E-state index in [1.807, 2.05) is 43.1 Å². The zero-order valence-electron chi connectivity index (χ0n) is 11.8. The van der Waals surface area contributed by atoms with Crippen molar-refractivity contribution in [2.45, 2.75) is 38.4 Å². The van der Waals surface area contributed by atoms with Crippen LogP contribution in [-0.2, 0) is 11.3 Å². The van der Waals surface area contributed by atoms with Crippen LogP contribution in [0, 0.1) is 0 Å². The molecule has 0 aliphatic heterocycles. The third kappa shape index (κ3) is 3.26. The summed E-state index contributed by atoms with van der Waals surface area (Å²) < 4.78 is 5.36. The molecule has 1 aromatic carbocycles. The SMILES string of the molecule is CNC(C)C(=O)N(Cc1ccccc1OC)C1CC1. The van der Waals surface area contributed by atoms with Gasteiger partial charge < -0.3 is 15.0 Å². The Morgan fingerprint density at radius 3 is 2.74 bits per heavy atom. The van der Waals surface area contributed by atoms with E-state index in [0.717, 1.165) is 24.2 Å². The molecule has 0 radical (unpaired) electrons. The van der Waals surface area contributed by atoms with Gasteiger partial charge in [-0.05, 0) is 32.9 Å². The molecule has 1 atom stereocenters. The van der Waals surface area contributed by atoms with Gasteiger partial charge in [-0.15, -0.1) is 0 Å². The van der Waals surface area contributed by atoms with Crippen molar-refractivity contribution in [3.05, 3.63) is 29.8 Å². The first-order valence-corrected chi connectivity index (χ1v) is 6.77. The van der Waals surface area contributed by atoms with Crippen LogP contribution in [0.5, 0.6) is 5.75 Å². The molecule has 0 spiro atoms. The average molecular weight is 262 g/mol. The van der Waals surface area contributed by atoms with Crippen LogP contribution in [0.4, 0.5) is 0 Å². The highest BCUT2D eigenvalue weighted by Crippen LogP contribution is 2.30. The Balaban J connectivity index is 2.14. The molecule has 2 rings (SSSR count). The lowest BCUT2D eigenvalue weighted by molar-refractivity contribution is -0.134. The van der Waals surface area contributed by atoms with E-state index >= 15 is 0 Å². The number of likely N-dealkylation sites (N-methyl/N-ethyl adjacent to an activating group) is 1. The van der Waals surface area contributed by atoms with Crippen molar-refractivity contribution < 1.29 is 9.53 Å². The average Bonchev–Trinajstić information content (AvgIpc) is 3.28. The third-order valence-corrected chi connectivity index (χ3v) is 3.61. The van der Waals surface area contributed by atoms with Crippen LogP contribution >= 0.6 is 0 Å². The highest BCUT2D eigenvalue weighted by atomic mass is 16.5. The first kappa shape index (κ1) is 13.9. The number of methoxy groups -OCH3 is 1. The van der Waals surface area contributed by atoms with Gasteiger partial charge in [-0.2, -0.15) is 0 Å². The number of carbonyl (C=O) groups is 1. The molecule has 1 fully saturated rings. The molecule has 1 aliphatic carbocycles. The summed E-state index contributed by atoms with van der Waals surface area (Å²) in [6.07, 6.45) is 2.22. The van der Waals surface area contributed by atoms with Crippen LogP contribution in [0.25, 0.3) is 0 Å². The monoisotopic (exact) mass is 262 g/mol. The number of amides is 1. The molecule has 1 unspecified atom stereocenters. The highest BCUT2D eigenvalue weighted by molar-refractivity contribution is 5.82. The number of nitrogens with one attached hydrogen (secondary N) is 1. The lowest BCUT2D eigenvalue weighted by atomic mass is 10.1. The molecule has 0 heterocycles. The second-order valence-electron chi connectivity index (χ2n) is 5.02. The molecule has 1 amide bonds. The second kappa shape index (κ2) is 6.06.